The molecule has 0 bridgehead atoms. The molecule has 0 spiro atoms. The Morgan fingerprint density at radius 1 is 0.968 bits per heavy atom. The number of carboxylic acids is 1. The summed E-state index contributed by atoms with van der Waals surface area (Å²) in [6.45, 7) is 3.59. The van der Waals surface area contributed by atoms with Crippen LogP contribution in [0.1, 0.15) is 6.42 Å². The molecule has 0 aliphatic carbocycles. The largest absolute Gasteiger partial charge is 0.481 e. The molecule has 1 fully saturated rings. The second kappa shape index (κ2) is 9.57. The lowest BCUT2D eigenvalue weighted by Crippen LogP contribution is -2.48. The van der Waals surface area contributed by atoms with Gasteiger partial charge in [-0.05, 0) is 36.4 Å². The van der Waals surface area contributed by atoms with E-state index in [0.29, 0.717) is 12.2 Å². The fourth-order valence-corrected chi connectivity index (χ4v) is 4.01. The number of aliphatic carboxylic acids is 1. The van der Waals surface area contributed by atoms with E-state index in [1.54, 1.807) is 12.3 Å². The minimum absolute atomic E-state index is 0.0646. The van der Waals surface area contributed by atoms with Crippen molar-refractivity contribution in [2.24, 2.45) is 5.92 Å². The van der Waals surface area contributed by atoms with Crippen molar-refractivity contribution in [1.29, 1.82) is 0 Å². The standard InChI is InChI=1S/C24H26N4O3/c29-23(26-22-10-4-9-21-20(22)8-5-11-25-21)16-18(24(30)31)17-27-12-14-28(15-13-27)19-6-2-1-3-7-19/h1-11,18H,12-17H2,(H,26,29)(H,30,31). The lowest BCUT2D eigenvalue weighted by atomic mass is 10.0. The van der Waals surface area contributed by atoms with Gasteiger partial charge in [-0.1, -0.05) is 24.3 Å². The smallest absolute Gasteiger partial charge is 0.308 e. The van der Waals surface area contributed by atoms with Crippen LogP contribution < -0.4 is 10.2 Å². The molecule has 160 valence electrons. The molecule has 7 nitrogen and oxygen atoms in total. The van der Waals surface area contributed by atoms with E-state index in [2.05, 4.69) is 32.2 Å². The number of aromatic nitrogens is 1. The Balaban J connectivity index is 1.34. The van der Waals surface area contributed by atoms with E-state index in [4.69, 9.17) is 0 Å². The summed E-state index contributed by atoms with van der Waals surface area (Å²) in [5.41, 5.74) is 2.61. The number of hydrogen-bond donors (Lipinski definition) is 2. The van der Waals surface area contributed by atoms with E-state index in [0.717, 1.165) is 37.1 Å². The molecular formula is C24H26N4O3. The molecule has 1 atom stereocenters. The molecule has 1 amide bonds. The Morgan fingerprint density at radius 2 is 1.74 bits per heavy atom. The number of carbonyl (C=O) groups excluding carboxylic acids is 1. The van der Waals surface area contributed by atoms with Crippen LogP contribution in [-0.2, 0) is 9.59 Å². The molecule has 3 aromatic rings. The normalized spacial score (nSPS) is 15.5. The number of nitrogens with zero attached hydrogens (tertiary/aromatic N) is 3. The third kappa shape index (κ3) is 5.19. The van der Waals surface area contributed by atoms with Crippen molar-refractivity contribution in [3.05, 3.63) is 66.9 Å². The van der Waals surface area contributed by atoms with Crippen molar-refractivity contribution >= 4 is 34.2 Å². The van der Waals surface area contributed by atoms with Gasteiger partial charge in [-0.15, -0.1) is 0 Å². The molecule has 1 aliphatic rings. The molecule has 7 heteroatoms. The zero-order chi connectivity index (χ0) is 21.6. The minimum Gasteiger partial charge on any atom is -0.481 e. The average Bonchev–Trinajstić information content (AvgIpc) is 2.80. The maximum absolute atomic E-state index is 12.6. The number of amides is 1. The van der Waals surface area contributed by atoms with Gasteiger partial charge in [0.25, 0.3) is 0 Å². The predicted molar refractivity (Wildman–Crippen MR) is 121 cm³/mol. The van der Waals surface area contributed by atoms with Gasteiger partial charge in [0.05, 0.1) is 17.1 Å². The fourth-order valence-electron chi connectivity index (χ4n) is 4.01. The molecule has 31 heavy (non-hydrogen) atoms. The van der Waals surface area contributed by atoms with Crippen LogP contribution in [-0.4, -0.2) is 59.6 Å². The first-order chi connectivity index (χ1) is 15.1. The highest BCUT2D eigenvalue weighted by Crippen LogP contribution is 2.22. The molecule has 4 rings (SSSR count). The van der Waals surface area contributed by atoms with Gasteiger partial charge in [-0.2, -0.15) is 0 Å². The van der Waals surface area contributed by atoms with Crippen molar-refractivity contribution in [3.63, 3.8) is 0 Å². The number of carbonyl (C=O) groups is 2. The van der Waals surface area contributed by atoms with Crippen LogP contribution in [0.4, 0.5) is 11.4 Å². The second-order valence-corrected chi connectivity index (χ2v) is 7.79. The summed E-state index contributed by atoms with van der Waals surface area (Å²) >= 11 is 0. The molecule has 2 N–H and O–H groups in total. The SMILES string of the molecule is O=C(CC(CN1CCN(c2ccccc2)CC1)C(=O)O)Nc1cccc2ncccc12. The first-order valence-electron chi connectivity index (χ1n) is 10.5. The van der Waals surface area contributed by atoms with Gasteiger partial charge >= 0.3 is 5.97 Å². The molecule has 0 saturated carbocycles. The van der Waals surface area contributed by atoms with E-state index >= 15 is 0 Å². The lowest BCUT2D eigenvalue weighted by Gasteiger charge is -2.37. The summed E-state index contributed by atoms with van der Waals surface area (Å²) in [7, 11) is 0. The number of para-hydroxylation sites is 1. The first-order valence-corrected chi connectivity index (χ1v) is 10.5. The summed E-state index contributed by atoms with van der Waals surface area (Å²) in [5.74, 6) is -2.00. The number of hydrogen-bond acceptors (Lipinski definition) is 5. The molecule has 1 aromatic heterocycles. The van der Waals surface area contributed by atoms with Crippen molar-refractivity contribution in [2.45, 2.75) is 6.42 Å². The van der Waals surface area contributed by atoms with Crippen LogP contribution in [0.15, 0.2) is 66.9 Å². The van der Waals surface area contributed by atoms with Gasteiger partial charge < -0.3 is 15.3 Å². The van der Waals surface area contributed by atoms with E-state index in [1.807, 2.05) is 42.5 Å². The van der Waals surface area contributed by atoms with Gasteiger partial charge in [0.2, 0.25) is 5.91 Å². The molecule has 2 heterocycles. The quantitative estimate of drug-likeness (QED) is 0.613. The van der Waals surface area contributed by atoms with Crippen molar-refractivity contribution in [1.82, 2.24) is 9.88 Å². The topological polar surface area (TPSA) is 85.8 Å². The third-order valence-electron chi connectivity index (χ3n) is 5.67. The third-order valence-corrected chi connectivity index (χ3v) is 5.67. The number of rotatable bonds is 7. The van der Waals surface area contributed by atoms with E-state index in [-0.39, 0.29) is 12.3 Å². The van der Waals surface area contributed by atoms with Gasteiger partial charge in [-0.3, -0.25) is 19.5 Å². The van der Waals surface area contributed by atoms with Crippen LogP contribution in [0, 0.1) is 5.92 Å². The number of piperazine rings is 1. The zero-order valence-electron chi connectivity index (χ0n) is 17.3. The highest BCUT2D eigenvalue weighted by Gasteiger charge is 2.26. The fraction of sp³-hybridized carbons (Fsp3) is 0.292. The van der Waals surface area contributed by atoms with Gasteiger partial charge in [0.1, 0.15) is 0 Å². The number of benzene rings is 2. The minimum atomic E-state index is -0.944. The van der Waals surface area contributed by atoms with Crippen molar-refractivity contribution in [3.8, 4) is 0 Å². The highest BCUT2D eigenvalue weighted by molar-refractivity contribution is 6.01. The van der Waals surface area contributed by atoms with Gasteiger partial charge in [-0.25, -0.2) is 0 Å². The van der Waals surface area contributed by atoms with Crippen LogP contribution >= 0.6 is 0 Å². The Morgan fingerprint density at radius 3 is 2.48 bits per heavy atom. The van der Waals surface area contributed by atoms with Crippen molar-refractivity contribution in [2.75, 3.05) is 42.9 Å². The summed E-state index contributed by atoms with van der Waals surface area (Å²) in [5, 5.41) is 13.4. The summed E-state index contributed by atoms with van der Waals surface area (Å²) in [6.07, 6.45) is 1.64. The summed E-state index contributed by atoms with van der Waals surface area (Å²) in [6, 6.07) is 19.4. The van der Waals surface area contributed by atoms with Crippen LogP contribution in [0.3, 0.4) is 0 Å². The van der Waals surface area contributed by atoms with E-state index in [1.165, 1.54) is 5.69 Å². The number of nitrogens with one attached hydrogen (secondary N) is 1. The number of fused-ring (bicyclic) bond motifs is 1. The average molecular weight is 418 g/mol. The number of anilines is 2. The first kappa shape index (κ1) is 20.8. The highest BCUT2D eigenvalue weighted by atomic mass is 16.4. The molecule has 1 saturated heterocycles. The summed E-state index contributed by atoms with van der Waals surface area (Å²) in [4.78, 5) is 33.2. The van der Waals surface area contributed by atoms with E-state index in [9.17, 15) is 14.7 Å². The second-order valence-electron chi connectivity index (χ2n) is 7.79. The molecule has 1 aliphatic heterocycles. The lowest BCUT2D eigenvalue weighted by molar-refractivity contribution is -0.144. The Bertz CT molecular complexity index is 1040. The zero-order valence-corrected chi connectivity index (χ0v) is 17.3. The van der Waals surface area contributed by atoms with Gasteiger partial charge in [0.15, 0.2) is 0 Å². The Kier molecular flexibility index (Phi) is 6.43. The molecule has 1 unspecified atom stereocenters. The van der Waals surface area contributed by atoms with Crippen LogP contribution in [0.25, 0.3) is 10.9 Å². The van der Waals surface area contributed by atoms with E-state index < -0.39 is 11.9 Å². The Hall–Kier alpha value is -3.45. The number of pyridine rings is 1. The summed E-state index contributed by atoms with van der Waals surface area (Å²) < 4.78 is 0. The number of carboxylic acid groups (broad SMARTS) is 1. The molecule has 0 radical (unpaired) electrons. The predicted octanol–water partition coefficient (Wildman–Crippen LogP) is 3.09. The maximum atomic E-state index is 12.6. The maximum Gasteiger partial charge on any atom is 0.308 e. The van der Waals surface area contributed by atoms with Crippen LogP contribution in [0.2, 0.25) is 0 Å². The molecule has 2 aromatic carbocycles. The monoisotopic (exact) mass is 418 g/mol. The van der Waals surface area contributed by atoms with Gasteiger partial charge in [0, 0.05) is 56.4 Å². The van der Waals surface area contributed by atoms with Crippen LogP contribution in [0.5, 0.6) is 0 Å². The molecular weight excluding hydrogens is 392 g/mol. The van der Waals surface area contributed by atoms with Crippen molar-refractivity contribution < 1.29 is 14.7 Å². The Labute approximate surface area is 181 Å².